The van der Waals surface area contributed by atoms with Crippen LogP contribution in [0, 0.1) is 13.8 Å². The first-order valence-electron chi connectivity index (χ1n) is 10.6. The van der Waals surface area contributed by atoms with Crippen LogP contribution in [0.2, 0.25) is 0 Å². The number of esters is 1. The van der Waals surface area contributed by atoms with Crippen molar-refractivity contribution in [1.82, 2.24) is 28.7 Å². The maximum Gasteiger partial charge on any atom is 0.334 e. The molecule has 166 valence electrons. The molecule has 1 aromatic carbocycles. The zero-order chi connectivity index (χ0) is 23.1. The Morgan fingerprint density at radius 1 is 1.09 bits per heavy atom. The highest BCUT2D eigenvalue weighted by Crippen LogP contribution is 2.27. The number of hydrogen-bond donors (Lipinski definition) is 0. The molecule has 0 saturated heterocycles. The molecule has 9 nitrogen and oxygen atoms in total. The van der Waals surface area contributed by atoms with Gasteiger partial charge in [-0.15, -0.1) is 0 Å². The largest absolute Gasteiger partial charge is 0.465 e. The van der Waals surface area contributed by atoms with E-state index in [-0.39, 0.29) is 18.8 Å². The van der Waals surface area contributed by atoms with E-state index in [1.165, 1.54) is 4.57 Å². The molecule has 5 aromatic rings. The number of para-hydroxylation sites is 1. The first-order chi connectivity index (χ1) is 16.0. The summed E-state index contributed by atoms with van der Waals surface area (Å²) in [6.45, 7) is 5.72. The van der Waals surface area contributed by atoms with E-state index in [2.05, 4.69) is 15.1 Å². The molecule has 0 unspecified atom stereocenters. The fourth-order valence-electron chi connectivity index (χ4n) is 4.15. The number of hydrogen-bond acceptors (Lipinski definition) is 6. The molecule has 0 radical (unpaired) electrons. The molecule has 33 heavy (non-hydrogen) atoms. The molecule has 0 aliphatic heterocycles. The zero-order valence-corrected chi connectivity index (χ0v) is 18.5. The summed E-state index contributed by atoms with van der Waals surface area (Å²) < 4.78 is 9.89. The van der Waals surface area contributed by atoms with Crippen LogP contribution in [0.4, 0.5) is 0 Å². The predicted octanol–water partition coefficient (Wildman–Crippen LogP) is 3.08. The van der Waals surface area contributed by atoms with Crippen LogP contribution in [-0.2, 0) is 16.1 Å². The van der Waals surface area contributed by atoms with E-state index in [4.69, 9.17) is 4.74 Å². The predicted molar refractivity (Wildman–Crippen MR) is 123 cm³/mol. The number of ether oxygens (including phenoxy) is 1. The summed E-state index contributed by atoms with van der Waals surface area (Å²) in [5, 5.41) is 4.35. The third-order valence-electron chi connectivity index (χ3n) is 5.67. The Bertz CT molecular complexity index is 1580. The molecular weight excluding hydrogens is 420 g/mol. The lowest BCUT2D eigenvalue weighted by Gasteiger charge is -2.10. The van der Waals surface area contributed by atoms with Gasteiger partial charge in [-0.3, -0.25) is 23.9 Å². The highest BCUT2D eigenvalue weighted by atomic mass is 16.5. The van der Waals surface area contributed by atoms with Crippen LogP contribution >= 0.6 is 0 Å². The summed E-state index contributed by atoms with van der Waals surface area (Å²) in [5.41, 5.74) is 5.97. The Hall–Kier alpha value is -4.27. The number of benzene rings is 1. The van der Waals surface area contributed by atoms with Crippen LogP contribution in [-0.4, -0.2) is 41.3 Å². The summed E-state index contributed by atoms with van der Waals surface area (Å²) in [4.78, 5) is 34.5. The summed E-state index contributed by atoms with van der Waals surface area (Å²) >= 11 is 0. The molecule has 4 heterocycles. The maximum atomic E-state index is 13.5. The van der Waals surface area contributed by atoms with Crippen LogP contribution < -0.4 is 5.69 Å². The second-order valence-electron chi connectivity index (χ2n) is 7.77. The molecule has 0 spiro atoms. The van der Waals surface area contributed by atoms with Gasteiger partial charge in [-0.1, -0.05) is 12.1 Å². The third-order valence-corrected chi connectivity index (χ3v) is 5.67. The average molecular weight is 442 g/mol. The van der Waals surface area contributed by atoms with Gasteiger partial charge in [0.25, 0.3) is 0 Å². The Kier molecular flexibility index (Phi) is 5.01. The molecule has 4 aromatic heterocycles. The van der Waals surface area contributed by atoms with Crippen molar-refractivity contribution < 1.29 is 9.53 Å². The fourth-order valence-corrected chi connectivity index (χ4v) is 4.15. The van der Waals surface area contributed by atoms with Crippen LogP contribution in [0.3, 0.4) is 0 Å². The number of imidazole rings is 1. The monoisotopic (exact) mass is 442 g/mol. The van der Waals surface area contributed by atoms with E-state index < -0.39 is 5.97 Å². The molecule has 0 fully saturated rings. The number of carbonyl (C=O) groups is 1. The van der Waals surface area contributed by atoms with Gasteiger partial charge >= 0.3 is 11.7 Å². The van der Waals surface area contributed by atoms with Crippen molar-refractivity contribution >= 4 is 22.5 Å². The summed E-state index contributed by atoms with van der Waals surface area (Å²) in [5.74, 6) is -0.452. The standard InChI is InChI=1S/C24H22N6O3/c1-4-33-22(31)14-28-19-7-5-6-15(2)23(19)30(24(28)32)20-13-26-18(10-16(20)3)17-11-27-29-9-8-25-12-21(17)29/h5-13H,4,14H2,1-3H3. The van der Waals surface area contributed by atoms with Gasteiger partial charge in [0, 0.05) is 18.0 Å². The fraction of sp³-hybridized carbons (Fsp3) is 0.208. The lowest BCUT2D eigenvalue weighted by molar-refractivity contribution is -0.143. The van der Waals surface area contributed by atoms with Crippen molar-refractivity contribution in [2.45, 2.75) is 27.3 Å². The zero-order valence-electron chi connectivity index (χ0n) is 18.5. The second kappa shape index (κ2) is 8.01. The van der Waals surface area contributed by atoms with Gasteiger partial charge in [0.2, 0.25) is 0 Å². The van der Waals surface area contributed by atoms with Crippen molar-refractivity contribution in [2.75, 3.05) is 6.61 Å². The Morgan fingerprint density at radius 3 is 2.73 bits per heavy atom. The number of aromatic nitrogens is 6. The normalized spacial score (nSPS) is 11.4. The molecule has 0 amide bonds. The Balaban J connectivity index is 1.67. The quantitative estimate of drug-likeness (QED) is 0.388. The molecule has 0 atom stereocenters. The number of rotatable bonds is 5. The SMILES string of the molecule is CCOC(=O)Cn1c(=O)n(-c2cnc(-c3cnn4ccncc34)cc2C)c2c(C)cccc21. The first kappa shape index (κ1) is 20.6. The molecule has 0 bridgehead atoms. The highest BCUT2D eigenvalue weighted by Gasteiger charge is 2.20. The minimum absolute atomic E-state index is 0.153. The van der Waals surface area contributed by atoms with Gasteiger partial charge in [-0.2, -0.15) is 5.10 Å². The van der Waals surface area contributed by atoms with Gasteiger partial charge in [0.1, 0.15) is 6.54 Å². The molecule has 0 N–H and O–H groups in total. The van der Waals surface area contributed by atoms with E-state index in [0.29, 0.717) is 11.2 Å². The molecule has 0 aliphatic rings. The van der Waals surface area contributed by atoms with Gasteiger partial charge in [-0.05, 0) is 44.0 Å². The van der Waals surface area contributed by atoms with Crippen molar-refractivity contribution in [3.8, 4) is 16.9 Å². The highest BCUT2D eigenvalue weighted by molar-refractivity contribution is 5.84. The number of carbonyl (C=O) groups excluding carboxylic acids is 1. The third kappa shape index (κ3) is 3.38. The van der Waals surface area contributed by atoms with Crippen LogP contribution in [0.25, 0.3) is 33.5 Å². The lowest BCUT2D eigenvalue weighted by atomic mass is 10.1. The topological polar surface area (TPSA) is 96.3 Å². The number of aryl methyl sites for hydroxylation is 2. The summed E-state index contributed by atoms with van der Waals surface area (Å²) in [6, 6.07) is 7.58. The second-order valence-corrected chi connectivity index (χ2v) is 7.77. The molecule has 5 rings (SSSR count). The molecule has 0 aliphatic carbocycles. The van der Waals surface area contributed by atoms with Gasteiger partial charge in [0.15, 0.2) is 0 Å². The maximum absolute atomic E-state index is 13.5. The van der Waals surface area contributed by atoms with E-state index in [9.17, 15) is 9.59 Å². The molecule has 0 saturated carbocycles. The van der Waals surface area contributed by atoms with Crippen molar-refractivity contribution in [3.05, 3.63) is 76.9 Å². The smallest absolute Gasteiger partial charge is 0.334 e. The van der Waals surface area contributed by atoms with E-state index in [0.717, 1.165) is 33.4 Å². The Morgan fingerprint density at radius 2 is 1.94 bits per heavy atom. The number of fused-ring (bicyclic) bond motifs is 2. The Labute approximate surface area is 188 Å². The lowest BCUT2D eigenvalue weighted by Crippen LogP contribution is -2.27. The first-order valence-corrected chi connectivity index (χ1v) is 10.6. The number of nitrogens with zero attached hydrogens (tertiary/aromatic N) is 6. The average Bonchev–Trinajstić information content (AvgIpc) is 3.35. The summed E-state index contributed by atoms with van der Waals surface area (Å²) in [6.07, 6.45) is 8.63. The van der Waals surface area contributed by atoms with Crippen LogP contribution in [0.15, 0.2) is 60.0 Å². The van der Waals surface area contributed by atoms with E-state index >= 15 is 0 Å². The van der Waals surface area contributed by atoms with E-state index in [1.54, 1.807) is 47.0 Å². The molecular formula is C24H22N6O3. The van der Waals surface area contributed by atoms with Gasteiger partial charge in [-0.25, -0.2) is 9.31 Å². The van der Waals surface area contributed by atoms with E-state index in [1.807, 2.05) is 38.1 Å². The summed E-state index contributed by atoms with van der Waals surface area (Å²) in [7, 11) is 0. The van der Waals surface area contributed by atoms with Gasteiger partial charge in [0.05, 0.1) is 53.1 Å². The molecule has 9 heteroatoms. The van der Waals surface area contributed by atoms with Gasteiger partial charge < -0.3 is 4.74 Å². The van der Waals surface area contributed by atoms with Crippen molar-refractivity contribution in [1.29, 1.82) is 0 Å². The van der Waals surface area contributed by atoms with Crippen molar-refractivity contribution in [3.63, 3.8) is 0 Å². The minimum Gasteiger partial charge on any atom is -0.465 e. The van der Waals surface area contributed by atoms with Crippen LogP contribution in [0.1, 0.15) is 18.1 Å². The minimum atomic E-state index is -0.452. The van der Waals surface area contributed by atoms with Crippen LogP contribution in [0.5, 0.6) is 0 Å². The van der Waals surface area contributed by atoms with Crippen molar-refractivity contribution in [2.24, 2.45) is 0 Å². The number of pyridine rings is 1.